The van der Waals surface area contributed by atoms with E-state index in [2.05, 4.69) is 83.1 Å². The normalized spacial score (nSPS) is 13.6. The second-order valence-corrected chi connectivity index (χ2v) is 17.2. The molecule has 420 valence electrons. The summed E-state index contributed by atoms with van der Waals surface area (Å²) in [5.74, 6) is -14.4. The molecule has 3 aromatic heterocycles. The van der Waals surface area contributed by atoms with Crippen LogP contribution in [0.3, 0.4) is 0 Å². The minimum absolute atomic E-state index is 0.0541. The van der Waals surface area contributed by atoms with Crippen LogP contribution in [0.25, 0.3) is 0 Å². The van der Waals surface area contributed by atoms with Crippen LogP contribution in [0.1, 0.15) is 50.2 Å². The van der Waals surface area contributed by atoms with Crippen LogP contribution in [-0.4, -0.2) is 197 Å². The van der Waals surface area contributed by atoms with Crippen molar-refractivity contribution in [2.75, 3.05) is 32.8 Å². The summed E-state index contributed by atoms with van der Waals surface area (Å²) in [5.41, 5.74) is 12.4. The first-order chi connectivity index (χ1) is 36.4. The number of hydrogen-bond donors (Lipinski definition) is 18. The number of carboxylic acids is 2. The zero-order chi connectivity index (χ0) is 57.2. The van der Waals surface area contributed by atoms with Crippen LogP contribution in [-0.2, 0) is 81.6 Å². The fourth-order valence-electron chi connectivity index (χ4n) is 6.73. The molecule has 3 aromatic rings. The maximum Gasteiger partial charge on any atom is 0.322 e. The number of nitrogens with zero attached hydrogens (tertiary/aromatic N) is 3. The number of hydrogen-bond acceptors (Lipinski definition) is 18. The van der Waals surface area contributed by atoms with Gasteiger partial charge in [-0.2, -0.15) is 0 Å². The van der Waals surface area contributed by atoms with Gasteiger partial charge in [0, 0.05) is 61.4 Å². The van der Waals surface area contributed by atoms with E-state index in [1.54, 1.807) is 0 Å². The average Bonchev–Trinajstić information content (AvgIpc) is 4.21. The van der Waals surface area contributed by atoms with Gasteiger partial charge in [0.15, 0.2) is 0 Å². The lowest BCUT2D eigenvalue weighted by molar-refractivity contribution is -0.141. The van der Waals surface area contributed by atoms with Crippen molar-refractivity contribution in [1.29, 1.82) is 0 Å². The first-order valence-corrected chi connectivity index (χ1v) is 23.4. The largest absolute Gasteiger partial charge is 0.481 e. The van der Waals surface area contributed by atoms with Crippen molar-refractivity contribution in [2.45, 2.75) is 94.7 Å². The Morgan fingerprint density at radius 3 is 1.38 bits per heavy atom. The zero-order valence-corrected chi connectivity index (χ0v) is 41.5. The highest BCUT2D eigenvalue weighted by Crippen LogP contribution is 2.08. The predicted octanol–water partition coefficient (Wildman–Crippen LogP) is -8.94. The van der Waals surface area contributed by atoms with Gasteiger partial charge in [0.05, 0.1) is 57.7 Å². The highest BCUT2D eigenvalue weighted by Gasteiger charge is 2.33. The highest BCUT2D eigenvalue weighted by molar-refractivity contribution is 5.98. The van der Waals surface area contributed by atoms with Gasteiger partial charge in [-0.05, 0) is 12.3 Å². The maximum absolute atomic E-state index is 13.7. The molecule has 0 aromatic carbocycles. The van der Waals surface area contributed by atoms with Crippen molar-refractivity contribution in [2.24, 2.45) is 17.4 Å². The van der Waals surface area contributed by atoms with Gasteiger partial charge < -0.3 is 94.9 Å². The number of amides is 11. The number of nitrogens with two attached hydrogens (primary N) is 2. The van der Waals surface area contributed by atoms with E-state index in [0.717, 1.165) is 0 Å². The molecule has 0 aliphatic heterocycles. The predicted molar refractivity (Wildman–Crippen MR) is 259 cm³/mol. The quantitative estimate of drug-likeness (QED) is 0.0264. The molecule has 0 radical (unpaired) electrons. The third kappa shape index (κ3) is 22.8. The Bertz CT molecular complexity index is 2520. The fraction of sp³-hybridized carbons (Fsp3) is 0.488. The Morgan fingerprint density at radius 2 is 0.922 bits per heavy atom. The summed E-state index contributed by atoms with van der Waals surface area (Å²) in [6, 6.07) is -10.5. The number of aliphatic carboxylic acids is 2. The molecule has 0 fully saturated rings. The number of rotatable bonds is 34. The molecular weight excluding hydrogens is 1020 g/mol. The van der Waals surface area contributed by atoms with Crippen molar-refractivity contribution in [3.8, 4) is 0 Å². The Morgan fingerprint density at radius 1 is 0.506 bits per heavy atom. The summed E-state index contributed by atoms with van der Waals surface area (Å²) >= 11 is 0. The van der Waals surface area contributed by atoms with E-state index >= 15 is 0 Å². The van der Waals surface area contributed by atoms with Crippen molar-refractivity contribution in [1.82, 2.24) is 83.1 Å². The van der Waals surface area contributed by atoms with Crippen LogP contribution in [0.2, 0.25) is 0 Å². The number of H-pyrrole nitrogens is 3. The lowest BCUT2D eigenvalue weighted by Crippen LogP contribution is -2.59. The SMILES string of the molecule is CC(C)[C@H](NC(=O)CNC(=O)[C@H](Cc1cnc[nH]1)NC(=O)CNC(=O)[C@H](CC(=O)O)NC(=O)[C@H](CO)NC(=O)CNC(=O)[C@@H](N)Cc1cnc[nH]1)C(=O)N[C@@H](CCC(N)=O)C(=O)N[C@@H](Cc1cnc[nH]1)C(=O)NCC(=O)O. The average molecular weight is 1090 g/mol. The van der Waals surface area contributed by atoms with E-state index in [-0.39, 0.29) is 25.7 Å². The Kier molecular flexibility index (Phi) is 25.3. The number of carbonyl (C=O) groups is 13. The molecule has 0 saturated heterocycles. The van der Waals surface area contributed by atoms with E-state index in [4.69, 9.17) is 16.6 Å². The van der Waals surface area contributed by atoms with Crippen LogP contribution in [0.4, 0.5) is 0 Å². The molecule has 0 unspecified atom stereocenters. The topological polar surface area (TPSA) is 541 Å². The lowest BCUT2D eigenvalue weighted by Gasteiger charge is -2.26. The number of aliphatic hydroxyl groups excluding tert-OH is 1. The van der Waals surface area contributed by atoms with Crippen LogP contribution >= 0.6 is 0 Å². The van der Waals surface area contributed by atoms with Crippen molar-refractivity contribution < 1.29 is 77.6 Å². The molecule has 20 N–H and O–H groups in total. The van der Waals surface area contributed by atoms with Crippen molar-refractivity contribution >= 4 is 76.9 Å². The molecule has 0 spiro atoms. The fourth-order valence-corrected chi connectivity index (χ4v) is 6.73. The van der Waals surface area contributed by atoms with Gasteiger partial charge in [0.2, 0.25) is 65.0 Å². The van der Waals surface area contributed by atoms with Gasteiger partial charge in [0.25, 0.3) is 0 Å². The third-order valence-corrected chi connectivity index (χ3v) is 10.7. The molecule has 34 heteroatoms. The summed E-state index contributed by atoms with van der Waals surface area (Å²) in [5, 5.41) is 51.0. The van der Waals surface area contributed by atoms with Gasteiger partial charge in [0.1, 0.15) is 42.8 Å². The molecule has 3 heterocycles. The van der Waals surface area contributed by atoms with Gasteiger partial charge in [-0.25, -0.2) is 15.0 Å². The number of aliphatic hydroxyl groups is 1. The maximum atomic E-state index is 13.7. The first kappa shape index (κ1) is 62.0. The Balaban J connectivity index is 1.62. The Hall–Kier alpha value is -9.34. The van der Waals surface area contributed by atoms with Crippen LogP contribution in [0.5, 0.6) is 0 Å². The number of primary amides is 1. The molecule has 0 aliphatic carbocycles. The Labute approximate surface area is 436 Å². The number of carbonyl (C=O) groups excluding carboxylic acids is 11. The van der Waals surface area contributed by atoms with Crippen LogP contribution in [0, 0.1) is 5.92 Å². The van der Waals surface area contributed by atoms with Gasteiger partial charge in [-0.15, -0.1) is 0 Å². The van der Waals surface area contributed by atoms with E-state index < -0.39 is 171 Å². The lowest BCUT2D eigenvalue weighted by atomic mass is 10.0. The summed E-state index contributed by atoms with van der Waals surface area (Å²) in [6.45, 7) is -1.16. The highest BCUT2D eigenvalue weighted by atomic mass is 16.4. The molecule has 11 amide bonds. The summed E-state index contributed by atoms with van der Waals surface area (Å²) in [6.07, 6.45) is 5.80. The van der Waals surface area contributed by atoms with E-state index in [1.807, 2.05) is 0 Å². The van der Waals surface area contributed by atoms with E-state index in [0.29, 0.717) is 17.1 Å². The van der Waals surface area contributed by atoms with Crippen LogP contribution < -0.4 is 64.6 Å². The molecule has 0 bridgehead atoms. The summed E-state index contributed by atoms with van der Waals surface area (Å²) < 4.78 is 0. The smallest absolute Gasteiger partial charge is 0.322 e. The minimum Gasteiger partial charge on any atom is -0.481 e. The first-order valence-electron chi connectivity index (χ1n) is 23.4. The number of imidazole rings is 3. The number of carboxylic acid groups (broad SMARTS) is 2. The molecule has 34 nitrogen and oxygen atoms in total. The molecule has 77 heavy (non-hydrogen) atoms. The second kappa shape index (κ2) is 31.4. The summed E-state index contributed by atoms with van der Waals surface area (Å²) in [7, 11) is 0. The molecule has 0 saturated carbocycles. The van der Waals surface area contributed by atoms with Gasteiger partial charge in [-0.1, -0.05) is 13.8 Å². The molecule has 7 atom stereocenters. The van der Waals surface area contributed by atoms with Crippen molar-refractivity contribution in [3.63, 3.8) is 0 Å². The second-order valence-electron chi connectivity index (χ2n) is 17.2. The van der Waals surface area contributed by atoms with Gasteiger partial charge >= 0.3 is 11.9 Å². The standard InChI is InChI=1S/C43H62N18O16/c1-20(2)36(43(77)58-25(3-4-30(45)63)41(75)59-27(7-23-11-48-19-55-23)39(73)52-15-35(69)70)61-33(66)14-51-38(72)26(6-22-10-47-18-54-22)56-31(64)13-50-40(74)28(8-34(67)68)60-42(76)29(16-62)57-32(65)12-49-37(71)24(44)5-21-9-46-17-53-21/h9-11,17-20,24-29,36,62H,3-8,12-16,44H2,1-2H3,(H2,45,63)(H,46,53)(H,47,54)(H,48,55)(H,49,71)(H,50,74)(H,51,72)(H,52,73)(H,56,64)(H,57,65)(H,58,77)(H,59,75)(H,60,76)(H,61,66)(H,67,68)(H,69,70)/t24-,25-,26-,27-,28-,29-,36-/m0/s1. The molecule has 3 rings (SSSR count). The van der Waals surface area contributed by atoms with E-state index in [9.17, 15) is 72.5 Å². The van der Waals surface area contributed by atoms with Gasteiger partial charge in [-0.3, -0.25) is 62.3 Å². The monoisotopic (exact) mass is 1090 g/mol. The van der Waals surface area contributed by atoms with E-state index in [1.165, 1.54) is 51.4 Å². The molecule has 0 aliphatic rings. The summed E-state index contributed by atoms with van der Waals surface area (Å²) in [4.78, 5) is 185. The van der Waals surface area contributed by atoms with Crippen LogP contribution in [0.15, 0.2) is 37.6 Å². The number of aromatic amines is 3. The minimum atomic E-state index is -1.88. The zero-order valence-electron chi connectivity index (χ0n) is 41.5. The third-order valence-electron chi connectivity index (χ3n) is 10.7. The number of aromatic nitrogens is 6. The molecular formula is C43H62N18O16. The number of nitrogens with one attached hydrogen (secondary N) is 13. The van der Waals surface area contributed by atoms with Crippen molar-refractivity contribution in [3.05, 3.63) is 54.7 Å².